The molecule has 2 aliphatic heterocycles. The minimum atomic E-state index is -0.265. The van der Waals surface area contributed by atoms with Crippen molar-refractivity contribution in [2.75, 3.05) is 39.8 Å². The van der Waals surface area contributed by atoms with Crippen molar-refractivity contribution in [2.45, 2.75) is 45.2 Å². The number of aromatic nitrogens is 3. The molecular formula is C22H31FN6O2. The smallest absolute Gasteiger partial charge is 0.317 e. The summed E-state index contributed by atoms with van der Waals surface area (Å²) < 4.78 is 21.2. The molecule has 2 aromatic rings. The van der Waals surface area contributed by atoms with E-state index >= 15 is 0 Å². The number of piperazine rings is 1. The molecule has 0 saturated carbocycles. The molecule has 31 heavy (non-hydrogen) atoms. The third-order valence-corrected chi connectivity index (χ3v) is 6.11. The number of fused-ring (bicyclic) bond motifs is 1. The van der Waals surface area contributed by atoms with E-state index in [2.05, 4.69) is 25.0 Å². The van der Waals surface area contributed by atoms with E-state index in [1.165, 1.54) is 25.0 Å². The van der Waals surface area contributed by atoms with Gasteiger partial charge in [0.15, 0.2) is 0 Å². The first kappa shape index (κ1) is 21.5. The van der Waals surface area contributed by atoms with Crippen LogP contribution in [0.3, 0.4) is 0 Å². The van der Waals surface area contributed by atoms with Gasteiger partial charge in [-0.3, -0.25) is 4.90 Å². The van der Waals surface area contributed by atoms with Crippen LogP contribution in [-0.2, 0) is 25.9 Å². The third kappa shape index (κ3) is 5.33. The number of benzene rings is 1. The second kappa shape index (κ2) is 10.1. The topological polar surface area (TPSA) is 75.5 Å². The van der Waals surface area contributed by atoms with Crippen LogP contribution in [0.5, 0.6) is 5.75 Å². The summed E-state index contributed by atoms with van der Waals surface area (Å²) in [6.45, 7) is 4.90. The molecule has 8 nitrogen and oxygen atoms in total. The molecule has 1 saturated heterocycles. The molecule has 1 aromatic heterocycles. The minimum absolute atomic E-state index is 0.0430. The highest BCUT2D eigenvalue weighted by molar-refractivity contribution is 5.74. The van der Waals surface area contributed by atoms with Gasteiger partial charge < -0.3 is 19.5 Å². The maximum Gasteiger partial charge on any atom is 0.317 e. The number of carbonyl (C=O) groups excluding carboxylic acids is 1. The minimum Gasteiger partial charge on any atom is -0.496 e. The maximum atomic E-state index is 13.6. The summed E-state index contributed by atoms with van der Waals surface area (Å²) in [7, 11) is 1.59. The highest BCUT2D eigenvalue weighted by Gasteiger charge is 2.22. The van der Waals surface area contributed by atoms with Crippen molar-refractivity contribution in [1.82, 2.24) is 29.9 Å². The lowest BCUT2D eigenvalue weighted by atomic mass is 10.1. The van der Waals surface area contributed by atoms with E-state index in [0.29, 0.717) is 38.3 Å². The van der Waals surface area contributed by atoms with Crippen LogP contribution in [-0.4, -0.2) is 70.4 Å². The zero-order chi connectivity index (χ0) is 21.6. The average Bonchev–Trinajstić information content (AvgIpc) is 3.00. The third-order valence-electron chi connectivity index (χ3n) is 6.11. The summed E-state index contributed by atoms with van der Waals surface area (Å²) in [5.74, 6) is 2.46. The summed E-state index contributed by atoms with van der Waals surface area (Å²) in [4.78, 5) is 16.6. The molecule has 1 aromatic carbocycles. The summed E-state index contributed by atoms with van der Waals surface area (Å²) in [6.07, 6.45) is 5.25. The van der Waals surface area contributed by atoms with Gasteiger partial charge in [0.2, 0.25) is 0 Å². The van der Waals surface area contributed by atoms with E-state index < -0.39 is 0 Å². The number of amides is 2. The summed E-state index contributed by atoms with van der Waals surface area (Å²) in [6, 6.07) is 4.53. The number of halogens is 1. The van der Waals surface area contributed by atoms with Crippen LogP contribution in [0.1, 0.15) is 36.5 Å². The zero-order valence-electron chi connectivity index (χ0n) is 18.1. The molecule has 4 rings (SSSR count). The Morgan fingerprint density at radius 3 is 2.77 bits per heavy atom. The first-order valence-electron chi connectivity index (χ1n) is 11.1. The maximum absolute atomic E-state index is 13.6. The molecular weight excluding hydrogens is 399 g/mol. The SMILES string of the molecule is COc1ccc(F)cc1CN1CCN(C(=O)NCCc2nnc3n2CCCCC3)CC1. The molecule has 0 unspecified atom stereocenters. The number of methoxy groups -OCH3 is 1. The number of aryl methyl sites for hydroxylation is 1. The van der Waals surface area contributed by atoms with E-state index in [1.807, 2.05) is 4.90 Å². The van der Waals surface area contributed by atoms with Crippen molar-refractivity contribution in [3.63, 3.8) is 0 Å². The number of rotatable bonds is 6. The Balaban J connectivity index is 1.22. The highest BCUT2D eigenvalue weighted by Crippen LogP contribution is 2.21. The molecule has 0 aliphatic carbocycles. The van der Waals surface area contributed by atoms with E-state index in [-0.39, 0.29) is 11.8 Å². The molecule has 1 N–H and O–H groups in total. The van der Waals surface area contributed by atoms with Gasteiger partial charge in [0.25, 0.3) is 0 Å². The van der Waals surface area contributed by atoms with Crippen molar-refractivity contribution in [3.8, 4) is 5.75 Å². The lowest BCUT2D eigenvalue weighted by Crippen LogP contribution is -2.51. The van der Waals surface area contributed by atoms with Crippen molar-refractivity contribution >= 4 is 6.03 Å². The summed E-state index contributed by atoms with van der Waals surface area (Å²) in [5, 5.41) is 11.7. The van der Waals surface area contributed by atoms with Gasteiger partial charge in [0.05, 0.1) is 7.11 Å². The molecule has 3 heterocycles. The fraction of sp³-hybridized carbons (Fsp3) is 0.591. The molecule has 0 bridgehead atoms. The Morgan fingerprint density at radius 2 is 1.97 bits per heavy atom. The monoisotopic (exact) mass is 430 g/mol. The predicted octanol–water partition coefficient (Wildman–Crippen LogP) is 2.22. The van der Waals surface area contributed by atoms with Crippen LogP contribution < -0.4 is 10.1 Å². The lowest BCUT2D eigenvalue weighted by Gasteiger charge is -2.34. The van der Waals surface area contributed by atoms with Crippen LogP contribution in [0.2, 0.25) is 0 Å². The Morgan fingerprint density at radius 1 is 1.13 bits per heavy atom. The van der Waals surface area contributed by atoms with Crippen LogP contribution >= 0.6 is 0 Å². The van der Waals surface area contributed by atoms with E-state index in [1.54, 1.807) is 13.2 Å². The first-order valence-corrected chi connectivity index (χ1v) is 11.1. The zero-order valence-corrected chi connectivity index (χ0v) is 18.1. The molecule has 9 heteroatoms. The van der Waals surface area contributed by atoms with Crippen molar-refractivity contribution in [2.24, 2.45) is 0 Å². The van der Waals surface area contributed by atoms with Gasteiger partial charge in [-0.15, -0.1) is 10.2 Å². The van der Waals surface area contributed by atoms with Gasteiger partial charge in [-0.1, -0.05) is 6.42 Å². The molecule has 2 aliphatic rings. The van der Waals surface area contributed by atoms with Gasteiger partial charge in [0, 0.05) is 64.2 Å². The standard InChI is InChI=1S/C22H31FN6O2/c1-31-19-7-6-18(23)15-17(19)16-27-11-13-28(14-12-27)22(30)24-9-8-21-26-25-20-5-3-2-4-10-29(20)21/h6-7,15H,2-5,8-14,16H2,1H3,(H,24,30). The fourth-order valence-electron chi connectivity index (χ4n) is 4.34. The number of nitrogens with zero attached hydrogens (tertiary/aromatic N) is 5. The average molecular weight is 431 g/mol. The number of ether oxygens (including phenoxy) is 1. The Bertz CT molecular complexity index is 894. The van der Waals surface area contributed by atoms with Crippen LogP contribution in [0, 0.1) is 5.82 Å². The number of urea groups is 1. The summed E-state index contributed by atoms with van der Waals surface area (Å²) >= 11 is 0. The second-order valence-corrected chi connectivity index (χ2v) is 8.20. The Hall–Kier alpha value is -2.68. The van der Waals surface area contributed by atoms with Gasteiger partial charge in [-0.2, -0.15) is 0 Å². The largest absolute Gasteiger partial charge is 0.496 e. The number of hydrogen-bond donors (Lipinski definition) is 1. The lowest BCUT2D eigenvalue weighted by molar-refractivity contribution is 0.134. The molecule has 0 radical (unpaired) electrons. The Labute approximate surface area is 182 Å². The molecule has 168 valence electrons. The second-order valence-electron chi connectivity index (χ2n) is 8.20. The predicted molar refractivity (Wildman–Crippen MR) is 114 cm³/mol. The van der Waals surface area contributed by atoms with Crippen LogP contribution in [0.4, 0.5) is 9.18 Å². The first-order chi connectivity index (χ1) is 15.1. The highest BCUT2D eigenvalue weighted by atomic mass is 19.1. The van der Waals surface area contributed by atoms with Crippen molar-refractivity contribution < 1.29 is 13.9 Å². The number of hydrogen-bond acceptors (Lipinski definition) is 5. The quantitative estimate of drug-likeness (QED) is 0.761. The number of carbonyl (C=O) groups is 1. The van der Waals surface area contributed by atoms with Gasteiger partial charge in [0.1, 0.15) is 23.2 Å². The number of nitrogens with one attached hydrogen (secondary N) is 1. The van der Waals surface area contributed by atoms with E-state index in [9.17, 15) is 9.18 Å². The summed E-state index contributed by atoms with van der Waals surface area (Å²) in [5.41, 5.74) is 0.827. The van der Waals surface area contributed by atoms with Crippen molar-refractivity contribution in [3.05, 3.63) is 41.2 Å². The van der Waals surface area contributed by atoms with Crippen LogP contribution in [0.15, 0.2) is 18.2 Å². The molecule has 2 amide bonds. The van der Waals surface area contributed by atoms with Crippen molar-refractivity contribution in [1.29, 1.82) is 0 Å². The van der Waals surface area contributed by atoms with E-state index in [4.69, 9.17) is 4.74 Å². The molecule has 1 fully saturated rings. The molecule has 0 spiro atoms. The van der Waals surface area contributed by atoms with Gasteiger partial charge in [-0.05, 0) is 31.0 Å². The Kier molecular flexibility index (Phi) is 7.01. The molecule has 0 atom stereocenters. The normalized spacial score (nSPS) is 17.2. The fourth-order valence-corrected chi connectivity index (χ4v) is 4.34. The van der Waals surface area contributed by atoms with Gasteiger partial charge in [-0.25, -0.2) is 9.18 Å². The van der Waals surface area contributed by atoms with Gasteiger partial charge >= 0.3 is 6.03 Å². The van der Waals surface area contributed by atoms with Crippen LogP contribution in [0.25, 0.3) is 0 Å². The van der Waals surface area contributed by atoms with E-state index in [0.717, 1.165) is 49.7 Å².